The molecule has 1 amide bonds. The number of benzene rings is 1. The maximum atomic E-state index is 12.4. The number of nitrogens with zero attached hydrogens (tertiary/aromatic N) is 2. The number of hydrogen-bond acceptors (Lipinski definition) is 4. The normalized spacial score (nSPS) is 19.5. The molecule has 0 unspecified atom stereocenters. The Bertz CT molecular complexity index is 595. The van der Waals surface area contributed by atoms with E-state index in [1.807, 2.05) is 33.8 Å². The van der Waals surface area contributed by atoms with Gasteiger partial charge in [-0.1, -0.05) is 19.1 Å². The summed E-state index contributed by atoms with van der Waals surface area (Å²) < 4.78 is 5.48. The molecule has 0 aromatic heterocycles. The fourth-order valence-corrected chi connectivity index (χ4v) is 3.00. The molecular formula is C17H24N2O4. The Morgan fingerprint density at radius 3 is 2.74 bits per heavy atom. The molecule has 1 aromatic rings. The lowest BCUT2D eigenvalue weighted by Gasteiger charge is -2.32. The molecule has 0 bridgehead atoms. The third kappa shape index (κ3) is 4.21. The molecule has 1 heterocycles. The van der Waals surface area contributed by atoms with Gasteiger partial charge in [-0.25, -0.2) is 4.79 Å². The first-order chi connectivity index (χ1) is 10.7. The smallest absolute Gasteiger partial charge is 0.410 e. The van der Waals surface area contributed by atoms with Crippen LogP contribution in [0.3, 0.4) is 0 Å². The van der Waals surface area contributed by atoms with Gasteiger partial charge in [0, 0.05) is 30.6 Å². The lowest BCUT2D eigenvalue weighted by atomic mass is 9.91. The molecule has 0 N–H and O–H groups in total. The second kappa shape index (κ2) is 6.56. The molecule has 1 aliphatic heterocycles. The van der Waals surface area contributed by atoms with Crippen LogP contribution in [0.5, 0.6) is 0 Å². The average Bonchev–Trinajstić information content (AvgIpc) is 2.94. The number of carbonyl (C=O) groups excluding carboxylic acids is 1. The topological polar surface area (TPSA) is 72.7 Å². The largest absolute Gasteiger partial charge is 0.444 e. The summed E-state index contributed by atoms with van der Waals surface area (Å²) in [6.45, 7) is 8.21. The van der Waals surface area contributed by atoms with Crippen LogP contribution in [0.1, 0.15) is 52.0 Å². The zero-order valence-corrected chi connectivity index (χ0v) is 14.1. The van der Waals surface area contributed by atoms with Crippen LogP contribution in [-0.2, 0) is 4.74 Å². The molecule has 23 heavy (non-hydrogen) atoms. The average molecular weight is 320 g/mol. The predicted molar refractivity (Wildman–Crippen MR) is 87.5 cm³/mol. The Balaban J connectivity index is 2.17. The van der Waals surface area contributed by atoms with Crippen molar-refractivity contribution in [1.82, 2.24) is 4.90 Å². The number of non-ortho nitro benzene ring substituents is 1. The monoisotopic (exact) mass is 320 g/mol. The molecule has 0 radical (unpaired) electrons. The van der Waals surface area contributed by atoms with Crippen molar-refractivity contribution in [1.29, 1.82) is 0 Å². The quantitative estimate of drug-likeness (QED) is 0.621. The Morgan fingerprint density at radius 1 is 1.43 bits per heavy atom. The molecule has 1 saturated heterocycles. The third-order valence-electron chi connectivity index (χ3n) is 4.11. The minimum atomic E-state index is -0.529. The first-order valence-electron chi connectivity index (χ1n) is 7.93. The standard InChI is InChI=1S/C17H24N2O4/c1-12(13-7-5-8-14(11-13)19(21)22)15-9-6-10-18(15)16(20)23-17(2,3)4/h5,7-8,11-12,15H,6,9-10H2,1-4H3/t12-,15+/m0/s1. The van der Waals surface area contributed by atoms with E-state index in [1.165, 1.54) is 6.07 Å². The summed E-state index contributed by atoms with van der Waals surface area (Å²) >= 11 is 0. The van der Waals surface area contributed by atoms with Crippen LogP contribution in [0.15, 0.2) is 24.3 Å². The zero-order chi connectivity index (χ0) is 17.2. The van der Waals surface area contributed by atoms with E-state index >= 15 is 0 Å². The summed E-state index contributed by atoms with van der Waals surface area (Å²) in [7, 11) is 0. The van der Waals surface area contributed by atoms with Crippen molar-refractivity contribution in [3.05, 3.63) is 39.9 Å². The van der Waals surface area contributed by atoms with Crippen LogP contribution in [0.2, 0.25) is 0 Å². The molecule has 1 aliphatic rings. The predicted octanol–water partition coefficient (Wildman–Crippen LogP) is 4.10. The molecule has 6 heteroatoms. The summed E-state index contributed by atoms with van der Waals surface area (Å²) in [5.74, 6) is 0.0184. The van der Waals surface area contributed by atoms with Gasteiger partial charge in [0.15, 0.2) is 0 Å². The number of nitro benzene ring substituents is 1. The van der Waals surface area contributed by atoms with Crippen molar-refractivity contribution in [2.45, 2.75) is 58.1 Å². The van der Waals surface area contributed by atoms with Gasteiger partial charge >= 0.3 is 6.09 Å². The number of rotatable bonds is 3. The highest BCUT2D eigenvalue weighted by Gasteiger charge is 2.36. The second-order valence-electron chi connectivity index (χ2n) is 7.02. The van der Waals surface area contributed by atoms with Crippen molar-refractivity contribution >= 4 is 11.8 Å². The van der Waals surface area contributed by atoms with Gasteiger partial charge in [0.1, 0.15) is 5.60 Å². The van der Waals surface area contributed by atoms with E-state index in [1.54, 1.807) is 17.0 Å². The summed E-state index contributed by atoms with van der Waals surface area (Å²) in [6, 6.07) is 6.65. The Morgan fingerprint density at radius 2 is 2.13 bits per heavy atom. The van der Waals surface area contributed by atoms with Gasteiger partial charge in [0.2, 0.25) is 0 Å². The van der Waals surface area contributed by atoms with E-state index in [2.05, 4.69) is 0 Å². The Hall–Kier alpha value is -2.11. The molecule has 2 atom stereocenters. The first-order valence-corrected chi connectivity index (χ1v) is 7.93. The van der Waals surface area contributed by atoms with E-state index in [9.17, 15) is 14.9 Å². The molecule has 0 saturated carbocycles. The summed E-state index contributed by atoms with van der Waals surface area (Å²) in [4.78, 5) is 24.7. The SMILES string of the molecule is C[C@@H](c1cccc([N+](=O)[O-])c1)[C@H]1CCCN1C(=O)OC(C)(C)C. The molecule has 2 rings (SSSR count). The molecule has 1 fully saturated rings. The highest BCUT2D eigenvalue weighted by Crippen LogP contribution is 2.33. The van der Waals surface area contributed by atoms with Crippen LogP contribution in [0.25, 0.3) is 0 Å². The van der Waals surface area contributed by atoms with Crippen LogP contribution in [-0.4, -0.2) is 34.1 Å². The second-order valence-corrected chi connectivity index (χ2v) is 7.02. The first kappa shape index (κ1) is 17.2. The minimum absolute atomic E-state index is 0.00635. The van der Waals surface area contributed by atoms with E-state index in [0.29, 0.717) is 6.54 Å². The van der Waals surface area contributed by atoms with Crippen LogP contribution in [0, 0.1) is 10.1 Å². The van der Waals surface area contributed by atoms with E-state index in [0.717, 1.165) is 18.4 Å². The molecule has 0 spiro atoms. The number of carbonyl (C=O) groups is 1. The van der Waals surface area contributed by atoms with Gasteiger partial charge in [-0.05, 0) is 39.2 Å². The number of nitro groups is 1. The van der Waals surface area contributed by atoms with Crippen molar-refractivity contribution in [3.8, 4) is 0 Å². The van der Waals surface area contributed by atoms with Crippen molar-refractivity contribution in [3.63, 3.8) is 0 Å². The lowest BCUT2D eigenvalue weighted by Crippen LogP contribution is -2.41. The van der Waals surface area contributed by atoms with Crippen molar-refractivity contribution in [2.24, 2.45) is 0 Å². The Kier molecular flexibility index (Phi) is 4.92. The van der Waals surface area contributed by atoms with Gasteiger partial charge in [-0.2, -0.15) is 0 Å². The number of ether oxygens (including phenoxy) is 1. The van der Waals surface area contributed by atoms with Gasteiger partial charge in [0.25, 0.3) is 5.69 Å². The lowest BCUT2D eigenvalue weighted by molar-refractivity contribution is -0.384. The number of likely N-dealkylation sites (tertiary alicyclic amines) is 1. The summed E-state index contributed by atoms with van der Waals surface area (Å²) in [5, 5.41) is 10.9. The Labute approximate surface area is 136 Å². The van der Waals surface area contributed by atoms with E-state index in [4.69, 9.17) is 4.74 Å². The fraction of sp³-hybridized carbons (Fsp3) is 0.588. The molecular weight excluding hydrogens is 296 g/mol. The van der Waals surface area contributed by atoms with Crippen LogP contribution < -0.4 is 0 Å². The van der Waals surface area contributed by atoms with Crippen LogP contribution in [0.4, 0.5) is 10.5 Å². The number of hydrogen-bond donors (Lipinski definition) is 0. The van der Waals surface area contributed by atoms with E-state index in [-0.39, 0.29) is 23.7 Å². The van der Waals surface area contributed by atoms with Gasteiger partial charge in [-0.15, -0.1) is 0 Å². The van der Waals surface area contributed by atoms with Crippen LogP contribution >= 0.6 is 0 Å². The maximum absolute atomic E-state index is 12.4. The zero-order valence-electron chi connectivity index (χ0n) is 14.1. The maximum Gasteiger partial charge on any atom is 0.410 e. The molecule has 1 aromatic carbocycles. The fourth-order valence-electron chi connectivity index (χ4n) is 3.00. The van der Waals surface area contributed by atoms with Gasteiger partial charge in [0.05, 0.1) is 4.92 Å². The molecule has 6 nitrogen and oxygen atoms in total. The van der Waals surface area contributed by atoms with Crippen molar-refractivity contribution < 1.29 is 14.5 Å². The third-order valence-corrected chi connectivity index (χ3v) is 4.11. The minimum Gasteiger partial charge on any atom is -0.444 e. The van der Waals surface area contributed by atoms with E-state index < -0.39 is 10.5 Å². The van der Waals surface area contributed by atoms with Crippen molar-refractivity contribution in [2.75, 3.05) is 6.54 Å². The summed E-state index contributed by atoms with van der Waals surface area (Å²) in [6.07, 6.45) is 1.49. The molecule has 126 valence electrons. The van der Waals surface area contributed by atoms with Gasteiger partial charge < -0.3 is 9.64 Å². The van der Waals surface area contributed by atoms with Gasteiger partial charge in [-0.3, -0.25) is 10.1 Å². The number of amides is 1. The summed E-state index contributed by atoms with van der Waals surface area (Å²) in [5.41, 5.74) is 0.426. The molecule has 0 aliphatic carbocycles. The highest BCUT2D eigenvalue weighted by molar-refractivity contribution is 5.69. The highest BCUT2D eigenvalue weighted by atomic mass is 16.6.